The van der Waals surface area contributed by atoms with Gasteiger partial charge in [-0.3, -0.25) is 9.59 Å². The third-order valence-corrected chi connectivity index (χ3v) is 2.95. The van der Waals surface area contributed by atoms with E-state index in [-0.39, 0.29) is 11.5 Å². The molecule has 0 N–H and O–H groups in total. The molecule has 5 heteroatoms. The summed E-state index contributed by atoms with van der Waals surface area (Å²) in [6, 6.07) is 2.98. The molecule has 0 aliphatic rings. The number of nitrogens with zero attached hydrogens (tertiary/aromatic N) is 2. The molecule has 0 unspecified atom stereocenters. The number of hydrogen-bond donors (Lipinski definition) is 0. The Labute approximate surface area is 120 Å². The van der Waals surface area contributed by atoms with Crippen molar-refractivity contribution in [2.45, 2.75) is 26.8 Å². The minimum Gasteiger partial charge on any atom is -0.380 e. The smallest absolute Gasteiger partial charge is 0.254 e. The minimum atomic E-state index is -0.118. The molecular formula is C15H24N2O3. The topological polar surface area (TPSA) is 51.5 Å². The van der Waals surface area contributed by atoms with E-state index in [4.69, 9.17) is 4.74 Å². The van der Waals surface area contributed by atoms with Crippen molar-refractivity contribution >= 4 is 5.91 Å². The van der Waals surface area contributed by atoms with Gasteiger partial charge in [0, 0.05) is 39.5 Å². The van der Waals surface area contributed by atoms with Crippen molar-refractivity contribution in [1.29, 1.82) is 0 Å². The Balaban J connectivity index is 2.59. The Morgan fingerprint density at radius 3 is 2.60 bits per heavy atom. The summed E-state index contributed by atoms with van der Waals surface area (Å²) in [7, 11) is 3.37. The molecule has 0 saturated heterocycles. The Morgan fingerprint density at radius 2 is 2.00 bits per heavy atom. The molecule has 0 bridgehead atoms. The predicted octanol–water partition coefficient (Wildman–Crippen LogP) is 1.61. The quantitative estimate of drug-likeness (QED) is 0.713. The standard InChI is InChI=1S/C15H24N2O3/c1-12(2)7-9-20-10-8-17-11-13(5-6-14(17)18)15(19)16(3)4/h5-6,11-12H,7-10H2,1-4H3. The third-order valence-electron chi connectivity index (χ3n) is 2.95. The maximum atomic E-state index is 11.8. The summed E-state index contributed by atoms with van der Waals surface area (Å²) in [5, 5.41) is 0. The monoisotopic (exact) mass is 280 g/mol. The van der Waals surface area contributed by atoms with Crippen molar-refractivity contribution in [2.75, 3.05) is 27.3 Å². The summed E-state index contributed by atoms with van der Waals surface area (Å²) in [5.41, 5.74) is 0.393. The van der Waals surface area contributed by atoms with Crippen molar-refractivity contribution in [1.82, 2.24) is 9.47 Å². The van der Waals surface area contributed by atoms with Crippen LogP contribution < -0.4 is 5.56 Å². The lowest BCUT2D eigenvalue weighted by atomic mass is 10.1. The second kappa shape index (κ2) is 7.85. The van der Waals surface area contributed by atoms with Gasteiger partial charge in [-0.05, 0) is 18.4 Å². The predicted molar refractivity (Wildman–Crippen MR) is 79.0 cm³/mol. The molecule has 5 nitrogen and oxygen atoms in total. The maximum absolute atomic E-state index is 11.8. The molecule has 0 fully saturated rings. The van der Waals surface area contributed by atoms with Crippen molar-refractivity contribution in [3.05, 3.63) is 34.2 Å². The summed E-state index contributed by atoms with van der Waals surface area (Å²) in [6.45, 7) is 5.93. The van der Waals surface area contributed by atoms with Gasteiger partial charge in [0.25, 0.3) is 11.5 Å². The maximum Gasteiger partial charge on any atom is 0.254 e. The molecule has 0 saturated carbocycles. The van der Waals surface area contributed by atoms with E-state index >= 15 is 0 Å². The van der Waals surface area contributed by atoms with Crippen LogP contribution in [0, 0.1) is 5.92 Å². The zero-order chi connectivity index (χ0) is 15.1. The zero-order valence-corrected chi connectivity index (χ0v) is 12.8. The van der Waals surface area contributed by atoms with E-state index in [9.17, 15) is 9.59 Å². The van der Waals surface area contributed by atoms with Gasteiger partial charge in [0.05, 0.1) is 12.2 Å². The van der Waals surface area contributed by atoms with Crippen molar-refractivity contribution in [3.63, 3.8) is 0 Å². The van der Waals surface area contributed by atoms with Crippen LogP contribution in [0.4, 0.5) is 0 Å². The fourth-order valence-electron chi connectivity index (χ4n) is 1.67. The average molecular weight is 280 g/mol. The molecule has 0 spiro atoms. The normalized spacial score (nSPS) is 10.8. The molecule has 1 heterocycles. The average Bonchev–Trinajstić information content (AvgIpc) is 2.39. The van der Waals surface area contributed by atoms with Gasteiger partial charge in [0.1, 0.15) is 0 Å². The van der Waals surface area contributed by atoms with Crippen LogP contribution in [-0.4, -0.2) is 42.7 Å². The summed E-state index contributed by atoms with van der Waals surface area (Å²) < 4.78 is 7.02. The number of aromatic nitrogens is 1. The first kappa shape index (κ1) is 16.4. The van der Waals surface area contributed by atoms with Crippen LogP contribution >= 0.6 is 0 Å². The first-order valence-corrected chi connectivity index (χ1v) is 6.91. The highest BCUT2D eigenvalue weighted by atomic mass is 16.5. The summed E-state index contributed by atoms with van der Waals surface area (Å²) in [6.07, 6.45) is 2.60. The SMILES string of the molecule is CC(C)CCOCCn1cc(C(=O)N(C)C)ccc1=O. The molecule has 0 atom stereocenters. The number of ether oxygens (including phenoxy) is 1. The second-order valence-electron chi connectivity index (χ2n) is 5.44. The number of amides is 1. The van der Waals surface area contributed by atoms with Crippen LogP contribution in [-0.2, 0) is 11.3 Å². The fraction of sp³-hybridized carbons (Fsp3) is 0.600. The van der Waals surface area contributed by atoms with Crippen molar-refractivity contribution < 1.29 is 9.53 Å². The molecule has 1 aromatic rings. The van der Waals surface area contributed by atoms with E-state index in [0.29, 0.717) is 31.2 Å². The van der Waals surface area contributed by atoms with E-state index < -0.39 is 0 Å². The van der Waals surface area contributed by atoms with Gasteiger partial charge >= 0.3 is 0 Å². The fourth-order valence-corrected chi connectivity index (χ4v) is 1.67. The molecule has 1 aromatic heterocycles. The Bertz CT molecular complexity index is 492. The van der Waals surface area contributed by atoms with Crippen LogP contribution in [0.1, 0.15) is 30.6 Å². The Morgan fingerprint density at radius 1 is 1.30 bits per heavy atom. The van der Waals surface area contributed by atoms with Crippen LogP contribution in [0.5, 0.6) is 0 Å². The van der Waals surface area contributed by atoms with E-state index in [2.05, 4.69) is 13.8 Å². The number of hydrogen-bond acceptors (Lipinski definition) is 3. The highest BCUT2D eigenvalue weighted by molar-refractivity contribution is 5.93. The first-order valence-electron chi connectivity index (χ1n) is 6.91. The molecule has 1 amide bonds. The summed E-state index contributed by atoms with van der Waals surface area (Å²) >= 11 is 0. The molecule has 0 aromatic carbocycles. The largest absolute Gasteiger partial charge is 0.380 e. The highest BCUT2D eigenvalue weighted by Gasteiger charge is 2.09. The van der Waals surface area contributed by atoms with Crippen LogP contribution in [0.25, 0.3) is 0 Å². The van der Waals surface area contributed by atoms with E-state index in [1.54, 1.807) is 26.4 Å². The second-order valence-corrected chi connectivity index (χ2v) is 5.44. The number of carbonyl (C=O) groups excluding carboxylic acids is 1. The van der Waals surface area contributed by atoms with Gasteiger partial charge in [0.15, 0.2) is 0 Å². The van der Waals surface area contributed by atoms with Gasteiger partial charge in [-0.1, -0.05) is 13.8 Å². The Kier molecular flexibility index (Phi) is 6.45. The van der Waals surface area contributed by atoms with Gasteiger partial charge < -0.3 is 14.2 Å². The van der Waals surface area contributed by atoms with Gasteiger partial charge in [-0.15, -0.1) is 0 Å². The molecule has 0 aliphatic carbocycles. The van der Waals surface area contributed by atoms with Crippen LogP contribution in [0.3, 0.4) is 0 Å². The molecule has 112 valence electrons. The van der Waals surface area contributed by atoms with Gasteiger partial charge in [0.2, 0.25) is 0 Å². The van der Waals surface area contributed by atoms with E-state index in [1.165, 1.54) is 15.5 Å². The van der Waals surface area contributed by atoms with E-state index in [0.717, 1.165) is 6.42 Å². The van der Waals surface area contributed by atoms with Crippen molar-refractivity contribution in [2.24, 2.45) is 5.92 Å². The number of rotatable bonds is 7. The lowest BCUT2D eigenvalue weighted by molar-refractivity contribution is 0.0825. The lowest BCUT2D eigenvalue weighted by Crippen LogP contribution is -2.26. The summed E-state index contributed by atoms with van der Waals surface area (Å²) in [4.78, 5) is 25.0. The highest BCUT2D eigenvalue weighted by Crippen LogP contribution is 2.01. The Hall–Kier alpha value is -1.62. The summed E-state index contributed by atoms with van der Waals surface area (Å²) in [5.74, 6) is 0.498. The lowest BCUT2D eigenvalue weighted by Gasteiger charge is -2.12. The third kappa shape index (κ3) is 5.17. The zero-order valence-electron chi connectivity index (χ0n) is 12.8. The van der Waals surface area contributed by atoms with Gasteiger partial charge in [-0.2, -0.15) is 0 Å². The molecular weight excluding hydrogens is 256 g/mol. The number of pyridine rings is 1. The van der Waals surface area contributed by atoms with Gasteiger partial charge in [-0.25, -0.2) is 0 Å². The number of carbonyl (C=O) groups is 1. The molecule has 1 rings (SSSR count). The van der Waals surface area contributed by atoms with Crippen molar-refractivity contribution in [3.8, 4) is 0 Å². The molecule has 0 aliphatic heterocycles. The molecule has 0 radical (unpaired) electrons. The van der Waals surface area contributed by atoms with Crippen LogP contribution in [0.15, 0.2) is 23.1 Å². The first-order chi connectivity index (χ1) is 9.41. The van der Waals surface area contributed by atoms with Crippen LogP contribution in [0.2, 0.25) is 0 Å². The van der Waals surface area contributed by atoms with E-state index in [1.807, 2.05) is 0 Å². The molecule has 20 heavy (non-hydrogen) atoms. The minimum absolute atomic E-state index is 0.112.